The number of rotatable bonds is 7. The molecule has 0 spiro atoms. The van der Waals surface area contributed by atoms with Crippen LogP contribution in [0.25, 0.3) is 0 Å². The number of nitrogens with zero attached hydrogens (tertiary/aromatic N) is 2. The molecule has 0 aliphatic carbocycles. The van der Waals surface area contributed by atoms with E-state index in [0.717, 1.165) is 15.3 Å². The van der Waals surface area contributed by atoms with Gasteiger partial charge in [0.05, 0.1) is 9.79 Å². The number of thiophene rings is 1. The monoisotopic (exact) mass is 485 g/mol. The number of amides is 1. The molecule has 1 aliphatic rings. The van der Waals surface area contributed by atoms with Crippen molar-refractivity contribution in [2.45, 2.75) is 36.5 Å². The molecule has 8 nitrogen and oxygen atoms in total. The van der Waals surface area contributed by atoms with Gasteiger partial charge >= 0.3 is 0 Å². The van der Waals surface area contributed by atoms with Crippen molar-refractivity contribution in [2.24, 2.45) is 0 Å². The Labute approximate surface area is 188 Å². The molecule has 0 bridgehead atoms. The van der Waals surface area contributed by atoms with E-state index in [1.165, 1.54) is 34.8 Å². The number of nitrogens with one attached hydrogen (secondary N) is 1. The van der Waals surface area contributed by atoms with Crippen LogP contribution in [0.2, 0.25) is 0 Å². The molecular formula is C20H27N3O5S3. The molecule has 1 N–H and O–H groups in total. The molecule has 2 aromatic rings. The predicted molar refractivity (Wildman–Crippen MR) is 120 cm³/mol. The smallest absolute Gasteiger partial charge is 0.244 e. The van der Waals surface area contributed by atoms with Crippen molar-refractivity contribution in [3.63, 3.8) is 0 Å². The van der Waals surface area contributed by atoms with Gasteiger partial charge in [-0.15, -0.1) is 11.3 Å². The lowest BCUT2D eigenvalue weighted by Gasteiger charge is -2.34. The Bertz CT molecular complexity index is 1150. The van der Waals surface area contributed by atoms with Gasteiger partial charge in [-0.2, -0.15) is 4.31 Å². The first-order chi connectivity index (χ1) is 14.5. The number of sulfonamides is 2. The van der Waals surface area contributed by atoms with Crippen LogP contribution in [0, 0.1) is 13.8 Å². The number of piperazine rings is 1. The van der Waals surface area contributed by atoms with Crippen LogP contribution < -0.4 is 4.72 Å². The summed E-state index contributed by atoms with van der Waals surface area (Å²) in [7, 11) is -5.67. The Morgan fingerprint density at radius 2 is 1.65 bits per heavy atom. The molecule has 31 heavy (non-hydrogen) atoms. The summed E-state index contributed by atoms with van der Waals surface area (Å²) in [5.74, 6) is -0.0356. The first-order valence-corrected chi connectivity index (χ1v) is 13.7. The van der Waals surface area contributed by atoms with Crippen molar-refractivity contribution < 1.29 is 21.6 Å². The van der Waals surface area contributed by atoms with Crippen LogP contribution in [0.3, 0.4) is 0 Å². The molecule has 170 valence electrons. The van der Waals surface area contributed by atoms with E-state index in [1.54, 1.807) is 23.1 Å². The highest BCUT2D eigenvalue weighted by molar-refractivity contribution is 7.89. The van der Waals surface area contributed by atoms with Crippen LogP contribution in [0.4, 0.5) is 0 Å². The fourth-order valence-corrected chi connectivity index (χ4v) is 7.22. The molecule has 1 aromatic carbocycles. The first kappa shape index (κ1) is 23.9. The molecule has 1 aromatic heterocycles. The van der Waals surface area contributed by atoms with Crippen molar-refractivity contribution in [1.82, 2.24) is 13.9 Å². The molecule has 11 heteroatoms. The standard InChI is InChI=1S/C20H27N3O5S3/c1-15-14-19(16(2)29-15)31(27,28)23-12-10-22(11-13-23)20(24)9-6-17-4-7-18(8-5-17)30(25,26)21-3/h4-5,7-8,14,21H,6,9-13H2,1-3H3. The van der Waals surface area contributed by atoms with Crippen molar-refractivity contribution >= 4 is 37.3 Å². The fraction of sp³-hybridized carbons (Fsp3) is 0.450. The molecule has 0 radical (unpaired) electrons. The molecule has 0 unspecified atom stereocenters. The zero-order valence-electron chi connectivity index (χ0n) is 17.8. The fourth-order valence-electron chi connectivity index (χ4n) is 3.54. The molecule has 2 heterocycles. The Hall–Kier alpha value is -1.79. The summed E-state index contributed by atoms with van der Waals surface area (Å²) in [5.41, 5.74) is 0.868. The number of carbonyl (C=O) groups is 1. The summed E-state index contributed by atoms with van der Waals surface area (Å²) in [6, 6.07) is 8.15. The maximum absolute atomic E-state index is 12.9. The van der Waals surface area contributed by atoms with Crippen molar-refractivity contribution in [1.29, 1.82) is 0 Å². The van der Waals surface area contributed by atoms with Crippen LogP contribution in [-0.2, 0) is 31.3 Å². The topological polar surface area (TPSA) is 104 Å². The molecule has 1 saturated heterocycles. The maximum Gasteiger partial charge on any atom is 0.244 e. The van der Waals surface area contributed by atoms with Gasteiger partial charge in [0.1, 0.15) is 0 Å². The summed E-state index contributed by atoms with van der Waals surface area (Å²) < 4.78 is 53.1. The van der Waals surface area contributed by atoms with E-state index >= 15 is 0 Å². The van der Waals surface area contributed by atoms with E-state index in [4.69, 9.17) is 0 Å². The van der Waals surface area contributed by atoms with Crippen LogP contribution >= 0.6 is 11.3 Å². The normalized spacial score (nSPS) is 15.9. The highest BCUT2D eigenvalue weighted by atomic mass is 32.2. The summed E-state index contributed by atoms with van der Waals surface area (Å²) in [6.45, 7) is 4.97. The summed E-state index contributed by atoms with van der Waals surface area (Å²) >= 11 is 1.47. The van der Waals surface area contributed by atoms with E-state index in [-0.39, 0.29) is 30.3 Å². The molecule has 1 fully saturated rings. The minimum absolute atomic E-state index is 0.0356. The lowest BCUT2D eigenvalue weighted by molar-refractivity contribution is -0.132. The molecule has 3 rings (SSSR count). The summed E-state index contributed by atoms with van der Waals surface area (Å²) in [6.07, 6.45) is 0.776. The van der Waals surface area contributed by atoms with Crippen LogP contribution in [-0.4, -0.2) is 65.2 Å². The number of carbonyl (C=O) groups excluding carboxylic acids is 1. The third kappa shape index (κ3) is 5.35. The van der Waals surface area contributed by atoms with Gasteiger partial charge in [0.15, 0.2) is 0 Å². The van der Waals surface area contributed by atoms with Crippen molar-refractivity contribution in [3.05, 3.63) is 45.6 Å². The largest absolute Gasteiger partial charge is 0.340 e. The molecule has 1 amide bonds. The zero-order chi connectivity index (χ0) is 22.8. The third-order valence-electron chi connectivity index (χ3n) is 5.33. The maximum atomic E-state index is 12.9. The average Bonchev–Trinajstić information content (AvgIpc) is 3.11. The number of hydrogen-bond acceptors (Lipinski definition) is 6. The number of aryl methyl sites for hydroxylation is 3. The van der Waals surface area contributed by atoms with Crippen molar-refractivity contribution in [3.8, 4) is 0 Å². The van der Waals surface area contributed by atoms with Crippen LogP contribution in [0.1, 0.15) is 21.7 Å². The van der Waals surface area contributed by atoms with Gasteiger partial charge in [0, 0.05) is 42.4 Å². The highest BCUT2D eigenvalue weighted by Crippen LogP contribution is 2.28. The van der Waals surface area contributed by atoms with Crippen LogP contribution in [0.15, 0.2) is 40.1 Å². The Kier molecular flexibility index (Phi) is 7.21. The summed E-state index contributed by atoms with van der Waals surface area (Å²) in [4.78, 5) is 16.6. The second-order valence-corrected chi connectivity index (χ2v) is 12.7. The van der Waals surface area contributed by atoms with Gasteiger partial charge in [-0.25, -0.2) is 21.6 Å². The third-order valence-corrected chi connectivity index (χ3v) is 9.88. The highest BCUT2D eigenvalue weighted by Gasteiger charge is 2.31. The zero-order valence-corrected chi connectivity index (χ0v) is 20.2. The minimum atomic E-state index is -3.54. The minimum Gasteiger partial charge on any atom is -0.340 e. The molecule has 0 saturated carbocycles. The van der Waals surface area contributed by atoms with E-state index in [0.29, 0.717) is 24.4 Å². The van der Waals surface area contributed by atoms with E-state index in [1.807, 2.05) is 13.8 Å². The Morgan fingerprint density at radius 3 is 2.16 bits per heavy atom. The van der Waals surface area contributed by atoms with E-state index < -0.39 is 20.0 Å². The molecule has 1 aliphatic heterocycles. The molecule has 0 atom stereocenters. The molecular weight excluding hydrogens is 458 g/mol. The predicted octanol–water partition coefficient (Wildman–Crippen LogP) is 1.74. The van der Waals surface area contributed by atoms with Gasteiger partial charge in [-0.05, 0) is 51.1 Å². The first-order valence-electron chi connectivity index (χ1n) is 9.92. The van der Waals surface area contributed by atoms with Gasteiger partial charge in [-0.1, -0.05) is 12.1 Å². The van der Waals surface area contributed by atoms with Crippen LogP contribution in [0.5, 0.6) is 0 Å². The number of hydrogen-bond donors (Lipinski definition) is 1. The second-order valence-electron chi connectivity index (χ2n) is 7.41. The van der Waals surface area contributed by atoms with Gasteiger partial charge in [-0.3, -0.25) is 4.79 Å². The van der Waals surface area contributed by atoms with E-state index in [9.17, 15) is 21.6 Å². The Balaban J connectivity index is 1.54. The van der Waals surface area contributed by atoms with Gasteiger partial charge in [0.2, 0.25) is 26.0 Å². The quantitative estimate of drug-likeness (QED) is 0.643. The lowest BCUT2D eigenvalue weighted by Crippen LogP contribution is -2.50. The average molecular weight is 486 g/mol. The van der Waals surface area contributed by atoms with Crippen molar-refractivity contribution in [2.75, 3.05) is 33.2 Å². The van der Waals surface area contributed by atoms with Gasteiger partial charge in [0.25, 0.3) is 0 Å². The number of benzene rings is 1. The second kappa shape index (κ2) is 9.37. The SMILES string of the molecule is CNS(=O)(=O)c1ccc(CCC(=O)N2CCN(S(=O)(=O)c3cc(C)sc3C)CC2)cc1. The summed E-state index contributed by atoms with van der Waals surface area (Å²) in [5, 5.41) is 0. The van der Waals surface area contributed by atoms with E-state index in [2.05, 4.69) is 4.72 Å². The Morgan fingerprint density at radius 1 is 1.03 bits per heavy atom. The van der Waals surface area contributed by atoms with Gasteiger partial charge < -0.3 is 4.90 Å². The lowest BCUT2D eigenvalue weighted by atomic mass is 10.1.